The van der Waals surface area contributed by atoms with Gasteiger partial charge in [-0.3, -0.25) is 14.3 Å². The minimum atomic E-state index is -1.70. The maximum Gasteiger partial charge on any atom is 0.464 e. The summed E-state index contributed by atoms with van der Waals surface area (Å²) in [5.41, 5.74) is -0.828. The zero-order valence-corrected chi connectivity index (χ0v) is 8.03. The molecule has 1 rings (SSSR count). The number of hydrogen-bond donors (Lipinski definition) is 0. The normalized spacial score (nSPS) is 30.5. The first kappa shape index (κ1) is 10.1. The minimum Gasteiger partial charge on any atom is -0.387 e. The van der Waals surface area contributed by atoms with Crippen LogP contribution >= 0.6 is 0 Å². The van der Waals surface area contributed by atoms with E-state index in [2.05, 4.69) is 10.2 Å². The highest BCUT2D eigenvalue weighted by molar-refractivity contribution is 5.66. The van der Waals surface area contributed by atoms with Crippen molar-refractivity contribution in [1.29, 1.82) is 0 Å². The average Bonchev–Trinajstić information content (AvgIpc) is 2.26. The first-order valence-electron chi connectivity index (χ1n) is 3.78. The fourth-order valence-electron chi connectivity index (χ4n) is 0.885. The standard InChI is InChI=1S/C7H12N2O4/c1-5(10)12-7(11-4)9-8-6(2,3)13-7/h1-4H3. The lowest BCUT2D eigenvalue weighted by Gasteiger charge is -2.23. The number of azo groups is 1. The maximum absolute atomic E-state index is 10.7. The van der Waals surface area contributed by atoms with Crippen molar-refractivity contribution in [1.82, 2.24) is 0 Å². The molecule has 6 heteroatoms. The van der Waals surface area contributed by atoms with E-state index >= 15 is 0 Å². The molecule has 13 heavy (non-hydrogen) atoms. The van der Waals surface area contributed by atoms with Gasteiger partial charge < -0.3 is 4.74 Å². The second-order valence-electron chi connectivity index (χ2n) is 3.07. The summed E-state index contributed by atoms with van der Waals surface area (Å²) >= 11 is 0. The van der Waals surface area contributed by atoms with E-state index in [1.165, 1.54) is 14.0 Å². The number of hydrogen-bond acceptors (Lipinski definition) is 6. The van der Waals surface area contributed by atoms with Crippen molar-refractivity contribution in [2.75, 3.05) is 7.11 Å². The van der Waals surface area contributed by atoms with Crippen LogP contribution in [-0.2, 0) is 19.0 Å². The van der Waals surface area contributed by atoms with Crippen molar-refractivity contribution in [2.24, 2.45) is 10.2 Å². The molecule has 0 aromatic carbocycles. The van der Waals surface area contributed by atoms with E-state index in [1.807, 2.05) is 0 Å². The van der Waals surface area contributed by atoms with E-state index in [9.17, 15) is 4.79 Å². The molecule has 1 aliphatic rings. The summed E-state index contributed by atoms with van der Waals surface area (Å²) in [7, 11) is 1.32. The lowest BCUT2D eigenvalue weighted by Crippen LogP contribution is -2.39. The van der Waals surface area contributed by atoms with Gasteiger partial charge in [-0.2, -0.15) is 5.11 Å². The smallest absolute Gasteiger partial charge is 0.387 e. The van der Waals surface area contributed by atoms with E-state index in [0.717, 1.165) is 0 Å². The molecule has 0 N–H and O–H groups in total. The minimum absolute atomic E-state index is 0.543. The Kier molecular flexibility index (Phi) is 2.36. The van der Waals surface area contributed by atoms with Crippen LogP contribution in [0.15, 0.2) is 10.2 Å². The molecule has 6 nitrogen and oxygen atoms in total. The van der Waals surface area contributed by atoms with E-state index in [1.54, 1.807) is 13.8 Å². The topological polar surface area (TPSA) is 69.5 Å². The van der Waals surface area contributed by atoms with Crippen molar-refractivity contribution in [3.63, 3.8) is 0 Å². The van der Waals surface area contributed by atoms with Gasteiger partial charge in [0.2, 0.25) is 0 Å². The second kappa shape index (κ2) is 3.04. The van der Waals surface area contributed by atoms with Gasteiger partial charge in [-0.1, -0.05) is 5.11 Å². The van der Waals surface area contributed by atoms with Gasteiger partial charge in [0.25, 0.3) is 0 Å². The average molecular weight is 188 g/mol. The predicted molar refractivity (Wildman–Crippen MR) is 41.5 cm³/mol. The summed E-state index contributed by atoms with van der Waals surface area (Å²) in [6, 6.07) is 0. The van der Waals surface area contributed by atoms with Crippen molar-refractivity contribution >= 4 is 5.97 Å². The van der Waals surface area contributed by atoms with Crippen molar-refractivity contribution in [2.45, 2.75) is 32.6 Å². The summed E-state index contributed by atoms with van der Waals surface area (Å²) in [5, 5.41) is 7.36. The molecule has 0 fully saturated rings. The first-order valence-corrected chi connectivity index (χ1v) is 3.78. The SMILES string of the molecule is COC1(OC(C)=O)N=NC(C)(C)O1. The van der Waals surface area contributed by atoms with Crippen LogP contribution in [0.25, 0.3) is 0 Å². The molecule has 0 saturated carbocycles. The second-order valence-corrected chi connectivity index (χ2v) is 3.07. The predicted octanol–water partition coefficient (Wildman–Crippen LogP) is 1.03. The zero-order chi connectivity index (χ0) is 10.1. The van der Waals surface area contributed by atoms with Crippen molar-refractivity contribution in [3.05, 3.63) is 0 Å². The van der Waals surface area contributed by atoms with Crippen LogP contribution in [0, 0.1) is 0 Å². The number of rotatable bonds is 2. The lowest BCUT2D eigenvalue weighted by molar-refractivity contribution is -0.358. The first-order chi connectivity index (χ1) is 5.89. The number of methoxy groups -OCH3 is 1. The molecule has 0 radical (unpaired) electrons. The van der Waals surface area contributed by atoms with E-state index < -0.39 is 17.8 Å². The van der Waals surface area contributed by atoms with E-state index in [4.69, 9.17) is 14.2 Å². The summed E-state index contributed by atoms with van der Waals surface area (Å²) in [6.45, 7) is 4.60. The monoisotopic (exact) mass is 188 g/mol. The van der Waals surface area contributed by atoms with Crippen LogP contribution in [0.3, 0.4) is 0 Å². The molecule has 1 aliphatic heterocycles. The third-order valence-electron chi connectivity index (χ3n) is 1.32. The molecule has 0 saturated heterocycles. The van der Waals surface area contributed by atoms with Crippen LogP contribution in [-0.4, -0.2) is 24.9 Å². The van der Waals surface area contributed by atoms with E-state index in [0.29, 0.717) is 0 Å². The Hall–Kier alpha value is -1.01. The van der Waals surface area contributed by atoms with Gasteiger partial charge in [0.1, 0.15) is 0 Å². The maximum atomic E-state index is 10.7. The Morgan fingerprint density at radius 2 is 2.00 bits per heavy atom. The molecule has 0 spiro atoms. The van der Waals surface area contributed by atoms with Crippen LogP contribution in [0.2, 0.25) is 0 Å². The summed E-state index contributed by atoms with van der Waals surface area (Å²) in [5.74, 6) is -0.543. The van der Waals surface area contributed by atoms with Gasteiger partial charge in [-0.15, -0.1) is 0 Å². The van der Waals surface area contributed by atoms with Crippen LogP contribution in [0.4, 0.5) is 0 Å². The van der Waals surface area contributed by atoms with Gasteiger partial charge in [0.15, 0.2) is 5.72 Å². The Morgan fingerprint density at radius 3 is 2.31 bits per heavy atom. The van der Waals surface area contributed by atoms with Crippen molar-refractivity contribution < 1.29 is 19.0 Å². The van der Waals surface area contributed by atoms with Crippen molar-refractivity contribution in [3.8, 4) is 0 Å². The highest BCUT2D eigenvalue weighted by Crippen LogP contribution is 2.32. The van der Waals surface area contributed by atoms with E-state index in [-0.39, 0.29) is 0 Å². The quantitative estimate of drug-likeness (QED) is 0.479. The zero-order valence-electron chi connectivity index (χ0n) is 8.03. The van der Waals surface area contributed by atoms with Gasteiger partial charge in [-0.25, -0.2) is 0 Å². The fraction of sp³-hybridized carbons (Fsp3) is 0.857. The number of carbonyl (C=O) groups is 1. The third kappa shape index (κ3) is 2.22. The van der Waals surface area contributed by atoms with Crippen LogP contribution < -0.4 is 0 Å². The molecule has 1 atom stereocenters. The molecule has 0 amide bonds. The Balaban J connectivity index is 2.76. The van der Waals surface area contributed by atoms with Crippen LogP contribution in [0.5, 0.6) is 0 Å². The number of nitrogens with zero attached hydrogens (tertiary/aromatic N) is 2. The molecule has 0 aromatic heterocycles. The largest absolute Gasteiger partial charge is 0.464 e. The molecule has 74 valence electrons. The molecule has 0 aromatic rings. The summed E-state index contributed by atoms with van der Waals surface area (Å²) < 4.78 is 14.8. The molecular weight excluding hydrogens is 176 g/mol. The fourth-order valence-corrected chi connectivity index (χ4v) is 0.885. The van der Waals surface area contributed by atoms with Gasteiger partial charge in [-0.05, 0) is 13.8 Å². The summed E-state index contributed by atoms with van der Waals surface area (Å²) in [6.07, 6.45) is -1.70. The summed E-state index contributed by atoms with van der Waals surface area (Å²) in [4.78, 5) is 10.7. The van der Waals surface area contributed by atoms with Gasteiger partial charge in [0.05, 0.1) is 0 Å². The number of ether oxygens (including phenoxy) is 3. The van der Waals surface area contributed by atoms with Crippen LogP contribution in [0.1, 0.15) is 20.8 Å². The number of carbonyl (C=O) groups excluding carboxylic acids is 1. The molecule has 0 bridgehead atoms. The third-order valence-corrected chi connectivity index (χ3v) is 1.32. The Morgan fingerprint density at radius 1 is 1.38 bits per heavy atom. The Bertz CT molecular complexity index is 251. The van der Waals surface area contributed by atoms with Gasteiger partial charge in [0, 0.05) is 14.0 Å². The Labute approximate surface area is 75.9 Å². The molecule has 0 aliphatic carbocycles. The lowest BCUT2D eigenvalue weighted by atomic mass is 10.3. The molecule has 1 unspecified atom stereocenters. The highest BCUT2D eigenvalue weighted by Gasteiger charge is 2.47. The molecule has 1 heterocycles. The number of esters is 1. The van der Waals surface area contributed by atoms with Gasteiger partial charge >= 0.3 is 12.1 Å². The highest BCUT2D eigenvalue weighted by atomic mass is 16.9. The molecular formula is C7H12N2O4.